The molecule has 2 N–H and O–H groups in total. The number of amides is 2. The zero-order valence-corrected chi connectivity index (χ0v) is 14.1. The van der Waals surface area contributed by atoms with E-state index < -0.39 is 23.7 Å². The highest BCUT2D eigenvalue weighted by Crippen LogP contribution is 2.34. The van der Waals surface area contributed by atoms with Gasteiger partial charge in [-0.25, -0.2) is 4.39 Å². The van der Waals surface area contributed by atoms with Crippen LogP contribution in [0.15, 0.2) is 65.1 Å². The number of ether oxygens (including phenoxy) is 1. The van der Waals surface area contributed by atoms with Crippen molar-refractivity contribution >= 4 is 17.5 Å². The number of para-hydroxylation sites is 2. The van der Waals surface area contributed by atoms with Gasteiger partial charge in [0.25, 0.3) is 11.8 Å². The highest BCUT2D eigenvalue weighted by atomic mass is 19.1. The first-order valence-corrected chi connectivity index (χ1v) is 8.26. The summed E-state index contributed by atoms with van der Waals surface area (Å²) in [5.41, 5.74) is 6.12. The lowest BCUT2D eigenvalue weighted by Crippen LogP contribution is -2.49. The Bertz CT molecular complexity index is 1030. The topological polar surface area (TPSA) is 85.8 Å². The van der Waals surface area contributed by atoms with Crippen molar-refractivity contribution in [3.63, 3.8) is 0 Å². The van der Waals surface area contributed by atoms with E-state index in [1.165, 1.54) is 23.1 Å². The SMILES string of the molecule is NC(=O)[C@H]1CN(C(=O)c2ccc(-c3ccccc3F)o2)c2ccccc2O1. The number of nitrogens with two attached hydrogens (primary N) is 1. The molecule has 0 bridgehead atoms. The Labute approximate surface area is 153 Å². The van der Waals surface area contributed by atoms with Gasteiger partial charge in [0.05, 0.1) is 17.8 Å². The van der Waals surface area contributed by atoms with E-state index >= 15 is 0 Å². The normalized spacial score (nSPS) is 15.7. The van der Waals surface area contributed by atoms with Crippen molar-refractivity contribution in [1.29, 1.82) is 0 Å². The molecule has 0 spiro atoms. The van der Waals surface area contributed by atoms with E-state index in [9.17, 15) is 14.0 Å². The number of furan rings is 1. The number of carbonyl (C=O) groups excluding carboxylic acids is 2. The van der Waals surface area contributed by atoms with Crippen LogP contribution in [0.5, 0.6) is 5.75 Å². The number of primary amides is 1. The molecule has 7 heteroatoms. The molecule has 4 rings (SSSR count). The second-order valence-electron chi connectivity index (χ2n) is 6.04. The van der Waals surface area contributed by atoms with Crippen LogP contribution < -0.4 is 15.4 Å². The van der Waals surface area contributed by atoms with Crippen molar-refractivity contribution in [1.82, 2.24) is 0 Å². The van der Waals surface area contributed by atoms with Crippen LogP contribution in [0.4, 0.5) is 10.1 Å². The molecular weight excluding hydrogens is 351 g/mol. The van der Waals surface area contributed by atoms with Gasteiger partial charge < -0.3 is 14.9 Å². The summed E-state index contributed by atoms with van der Waals surface area (Å²) in [6, 6.07) is 16.0. The fourth-order valence-corrected chi connectivity index (χ4v) is 2.97. The minimum absolute atomic E-state index is 0.0215. The van der Waals surface area contributed by atoms with Crippen molar-refractivity contribution < 1.29 is 23.1 Å². The summed E-state index contributed by atoms with van der Waals surface area (Å²) in [5, 5.41) is 0. The molecule has 2 amide bonds. The smallest absolute Gasteiger partial charge is 0.294 e. The van der Waals surface area contributed by atoms with Gasteiger partial charge in [-0.3, -0.25) is 14.5 Å². The lowest BCUT2D eigenvalue weighted by Gasteiger charge is -2.32. The van der Waals surface area contributed by atoms with E-state index in [1.807, 2.05) is 0 Å². The van der Waals surface area contributed by atoms with Gasteiger partial charge in [0.15, 0.2) is 11.9 Å². The van der Waals surface area contributed by atoms with Crippen LogP contribution in [-0.4, -0.2) is 24.5 Å². The molecule has 1 aromatic heterocycles. The van der Waals surface area contributed by atoms with Crippen molar-refractivity contribution in [3.05, 3.63) is 72.2 Å². The van der Waals surface area contributed by atoms with Crippen LogP contribution in [0.1, 0.15) is 10.6 Å². The number of halogens is 1. The predicted molar refractivity (Wildman–Crippen MR) is 95.8 cm³/mol. The summed E-state index contributed by atoms with van der Waals surface area (Å²) in [6.45, 7) is -0.0408. The number of carbonyl (C=O) groups is 2. The minimum Gasteiger partial charge on any atom is -0.477 e. The molecule has 1 aliphatic heterocycles. The molecule has 0 fully saturated rings. The van der Waals surface area contributed by atoms with Gasteiger partial charge in [0.2, 0.25) is 0 Å². The molecule has 136 valence electrons. The van der Waals surface area contributed by atoms with Crippen molar-refractivity contribution in [3.8, 4) is 17.1 Å². The van der Waals surface area contributed by atoms with Crippen LogP contribution in [0, 0.1) is 5.82 Å². The molecule has 3 aromatic rings. The summed E-state index contributed by atoms with van der Waals surface area (Å²) in [5.74, 6) is -0.954. The Morgan fingerprint density at radius 1 is 1.04 bits per heavy atom. The van der Waals surface area contributed by atoms with Crippen LogP contribution in [0.2, 0.25) is 0 Å². The Hall–Kier alpha value is -3.61. The molecule has 1 aliphatic rings. The summed E-state index contributed by atoms with van der Waals surface area (Å²) >= 11 is 0. The summed E-state index contributed by atoms with van der Waals surface area (Å²) in [4.78, 5) is 26.0. The second kappa shape index (κ2) is 6.60. The third kappa shape index (κ3) is 3.03. The van der Waals surface area contributed by atoms with Gasteiger partial charge in [-0.1, -0.05) is 24.3 Å². The first-order chi connectivity index (χ1) is 13.0. The van der Waals surface area contributed by atoms with Crippen LogP contribution in [0.3, 0.4) is 0 Å². The molecule has 0 saturated carbocycles. The number of nitrogens with zero attached hydrogens (tertiary/aromatic N) is 1. The Morgan fingerprint density at radius 2 is 1.78 bits per heavy atom. The Kier molecular flexibility index (Phi) is 4.12. The van der Waals surface area contributed by atoms with E-state index in [-0.39, 0.29) is 23.6 Å². The molecule has 0 saturated heterocycles. The largest absolute Gasteiger partial charge is 0.477 e. The van der Waals surface area contributed by atoms with E-state index in [1.54, 1.807) is 42.5 Å². The molecule has 6 nitrogen and oxygen atoms in total. The third-order valence-electron chi connectivity index (χ3n) is 4.29. The van der Waals surface area contributed by atoms with Crippen molar-refractivity contribution in [2.24, 2.45) is 5.73 Å². The predicted octanol–water partition coefficient (Wildman–Crippen LogP) is 2.98. The average Bonchev–Trinajstić information content (AvgIpc) is 3.16. The number of hydrogen-bond acceptors (Lipinski definition) is 4. The van der Waals surface area contributed by atoms with Gasteiger partial charge in [-0.2, -0.15) is 0 Å². The number of fused-ring (bicyclic) bond motifs is 1. The van der Waals surface area contributed by atoms with Gasteiger partial charge in [-0.15, -0.1) is 0 Å². The number of benzene rings is 2. The summed E-state index contributed by atoms with van der Waals surface area (Å²) in [7, 11) is 0. The highest BCUT2D eigenvalue weighted by molar-refractivity contribution is 6.06. The van der Waals surface area contributed by atoms with Gasteiger partial charge in [-0.05, 0) is 36.4 Å². The number of rotatable bonds is 3. The molecule has 1 atom stereocenters. The second-order valence-corrected chi connectivity index (χ2v) is 6.04. The Morgan fingerprint density at radius 3 is 2.56 bits per heavy atom. The van der Waals surface area contributed by atoms with Crippen LogP contribution in [0.25, 0.3) is 11.3 Å². The average molecular weight is 366 g/mol. The van der Waals surface area contributed by atoms with Crippen LogP contribution in [-0.2, 0) is 4.79 Å². The van der Waals surface area contributed by atoms with E-state index in [0.717, 1.165) is 0 Å². The van der Waals surface area contributed by atoms with Crippen molar-refractivity contribution in [2.45, 2.75) is 6.10 Å². The Balaban J connectivity index is 1.69. The quantitative estimate of drug-likeness (QED) is 0.772. The first-order valence-electron chi connectivity index (χ1n) is 8.26. The summed E-state index contributed by atoms with van der Waals surface area (Å²) in [6.07, 6.45) is -0.968. The van der Waals surface area contributed by atoms with Gasteiger partial charge >= 0.3 is 0 Å². The molecular formula is C20H15FN2O4. The number of hydrogen-bond donors (Lipinski definition) is 1. The van der Waals surface area contributed by atoms with Gasteiger partial charge in [0, 0.05) is 0 Å². The zero-order valence-electron chi connectivity index (χ0n) is 14.1. The molecule has 0 unspecified atom stereocenters. The van der Waals surface area contributed by atoms with E-state index in [2.05, 4.69) is 0 Å². The van der Waals surface area contributed by atoms with E-state index in [0.29, 0.717) is 11.4 Å². The van der Waals surface area contributed by atoms with Crippen LogP contribution >= 0.6 is 0 Å². The standard InChI is InChI=1S/C20H15FN2O4/c21-13-6-2-1-5-12(13)15-9-10-17(26-15)20(25)23-11-18(19(22)24)27-16-8-4-3-7-14(16)23/h1-10,18H,11H2,(H2,22,24)/t18-/m1/s1. The fraction of sp³-hybridized carbons (Fsp3) is 0.100. The monoisotopic (exact) mass is 366 g/mol. The minimum atomic E-state index is -0.968. The van der Waals surface area contributed by atoms with Crippen molar-refractivity contribution in [2.75, 3.05) is 11.4 Å². The maximum atomic E-state index is 14.0. The molecule has 27 heavy (non-hydrogen) atoms. The zero-order chi connectivity index (χ0) is 19.0. The molecule has 2 heterocycles. The molecule has 0 aliphatic carbocycles. The molecule has 2 aromatic carbocycles. The third-order valence-corrected chi connectivity index (χ3v) is 4.29. The lowest BCUT2D eigenvalue weighted by molar-refractivity contribution is -0.124. The highest BCUT2D eigenvalue weighted by Gasteiger charge is 2.34. The fourth-order valence-electron chi connectivity index (χ4n) is 2.97. The maximum Gasteiger partial charge on any atom is 0.294 e. The first kappa shape index (κ1) is 16.8. The summed E-state index contributed by atoms with van der Waals surface area (Å²) < 4.78 is 25.1. The van der Waals surface area contributed by atoms with Gasteiger partial charge in [0.1, 0.15) is 17.3 Å². The maximum absolute atomic E-state index is 14.0. The van der Waals surface area contributed by atoms with E-state index in [4.69, 9.17) is 14.9 Å². The molecule has 0 radical (unpaired) electrons. The lowest BCUT2D eigenvalue weighted by atomic mass is 10.1. The number of anilines is 1.